The van der Waals surface area contributed by atoms with Crippen LogP contribution in [0.5, 0.6) is 0 Å². The molecule has 2 heterocycles. The molecule has 0 fully saturated rings. The Morgan fingerprint density at radius 3 is 2.94 bits per heavy atom. The van der Waals surface area contributed by atoms with Crippen molar-refractivity contribution < 1.29 is 0 Å². The SMILES string of the molecule is CCCNC(c1csc(Br)c1)c1ccn(C)n1. The van der Waals surface area contributed by atoms with Crippen molar-refractivity contribution in [3.8, 4) is 0 Å². The second-order valence-corrected chi connectivity index (χ2v) is 6.28. The maximum absolute atomic E-state index is 4.49. The van der Waals surface area contributed by atoms with Crippen molar-refractivity contribution in [2.45, 2.75) is 19.4 Å². The van der Waals surface area contributed by atoms with Crippen LogP contribution in [0.4, 0.5) is 0 Å². The zero-order chi connectivity index (χ0) is 12.3. The number of nitrogens with zero attached hydrogens (tertiary/aromatic N) is 2. The fourth-order valence-corrected chi connectivity index (χ4v) is 2.95. The molecule has 1 unspecified atom stereocenters. The third-order valence-electron chi connectivity index (χ3n) is 2.55. The molecule has 5 heteroatoms. The van der Waals surface area contributed by atoms with Crippen molar-refractivity contribution in [2.24, 2.45) is 7.05 Å². The Morgan fingerprint density at radius 2 is 2.41 bits per heavy atom. The van der Waals surface area contributed by atoms with Gasteiger partial charge in [-0.3, -0.25) is 4.68 Å². The van der Waals surface area contributed by atoms with Crippen molar-refractivity contribution in [3.05, 3.63) is 38.8 Å². The van der Waals surface area contributed by atoms with E-state index in [2.05, 4.69) is 50.8 Å². The fourth-order valence-electron chi connectivity index (χ4n) is 1.74. The topological polar surface area (TPSA) is 29.9 Å². The van der Waals surface area contributed by atoms with E-state index in [4.69, 9.17) is 0 Å². The molecule has 0 aliphatic carbocycles. The average Bonchev–Trinajstić information content (AvgIpc) is 2.89. The Hall–Kier alpha value is -0.650. The molecule has 0 aliphatic heterocycles. The first-order valence-electron chi connectivity index (χ1n) is 5.67. The third-order valence-corrected chi connectivity index (χ3v) is 4.07. The van der Waals surface area contributed by atoms with E-state index in [1.807, 2.05) is 17.9 Å². The Labute approximate surface area is 114 Å². The van der Waals surface area contributed by atoms with Crippen LogP contribution in [0.2, 0.25) is 0 Å². The van der Waals surface area contributed by atoms with E-state index in [-0.39, 0.29) is 6.04 Å². The predicted molar refractivity (Wildman–Crippen MR) is 75.4 cm³/mol. The highest BCUT2D eigenvalue weighted by Crippen LogP contribution is 2.28. The van der Waals surface area contributed by atoms with Gasteiger partial charge in [-0.1, -0.05) is 6.92 Å². The molecule has 1 atom stereocenters. The number of aromatic nitrogens is 2. The summed E-state index contributed by atoms with van der Waals surface area (Å²) in [4.78, 5) is 0. The second kappa shape index (κ2) is 5.80. The minimum absolute atomic E-state index is 0.193. The van der Waals surface area contributed by atoms with Crippen LogP contribution < -0.4 is 5.32 Å². The van der Waals surface area contributed by atoms with Gasteiger partial charge in [-0.2, -0.15) is 5.10 Å². The van der Waals surface area contributed by atoms with Crippen LogP contribution in [0.15, 0.2) is 27.5 Å². The molecular weight excluding hydrogens is 298 g/mol. The van der Waals surface area contributed by atoms with Crippen LogP contribution >= 0.6 is 27.3 Å². The Balaban J connectivity index is 2.24. The van der Waals surface area contributed by atoms with Gasteiger partial charge in [0.2, 0.25) is 0 Å². The molecule has 2 rings (SSSR count). The molecule has 0 amide bonds. The van der Waals surface area contributed by atoms with Crippen LogP contribution in [0, 0.1) is 0 Å². The summed E-state index contributed by atoms with van der Waals surface area (Å²) in [5.41, 5.74) is 2.35. The van der Waals surface area contributed by atoms with Gasteiger partial charge in [-0.25, -0.2) is 0 Å². The van der Waals surface area contributed by atoms with E-state index in [1.165, 1.54) is 5.56 Å². The molecule has 0 saturated heterocycles. The normalized spacial score (nSPS) is 12.9. The van der Waals surface area contributed by atoms with E-state index in [1.54, 1.807) is 11.3 Å². The number of hydrogen-bond acceptors (Lipinski definition) is 3. The van der Waals surface area contributed by atoms with Crippen molar-refractivity contribution in [3.63, 3.8) is 0 Å². The summed E-state index contributed by atoms with van der Waals surface area (Å²) in [6.07, 6.45) is 3.10. The molecule has 1 N–H and O–H groups in total. The fraction of sp³-hybridized carbons (Fsp3) is 0.417. The standard InChI is InChI=1S/C12H16BrN3S/c1-3-5-14-12(9-7-11(13)17-8-9)10-4-6-16(2)15-10/h4,6-8,12,14H,3,5H2,1-2H3. The zero-order valence-corrected chi connectivity index (χ0v) is 12.4. The predicted octanol–water partition coefficient (Wildman–Crippen LogP) is 3.33. The Kier molecular flexibility index (Phi) is 4.36. The van der Waals surface area contributed by atoms with Crippen LogP contribution in [0.25, 0.3) is 0 Å². The van der Waals surface area contributed by atoms with Gasteiger partial charge in [0.15, 0.2) is 0 Å². The van der Waals surface area contributed by atoms with Crippen LogP contribution in [0.3, 0.4) is 0 Å². The van der Waals surface area contributed by atoms with Crippen molar-refractivity contribution >= 4 is 27.3 Å². The highest BCUT2D eigenvalue weighted by molar-refractivity contribution is 9.11. The number of halogens is 1. The molecule has 0 radical (unpaired) electrons. The van der Waals surface area contributed by atoms with Crippen molar-refractivity contribution in [1.82, 2.24) is 15.1 Å². The first-order chi connectivity index (χ1) is 8.20. The van der Waals surface area contributed by atoms with Gasteiger partial charge in [0, 0.05) is 13.2 Å². The van der Waals surface area contributed by atoms with Crippen LogP contribution in [-0.4, -0.2) is 16.3 Å². The maximum Gasteiger partial charge on any atom is 0.0839 e. The minimum atomic E-state index is 0.193. The first kappa shape index (κ1) is 12.8. The van der Waals surface area contributed by atoms with E-state index in [0.29, 0.717) is 0 Å². The smallest absolute Gasteiger partial charge is 0.0839 e. The average molecular weight is 314 g/mol. The highest BCUT2D eigenvalue weighted by Gasteiger charge is 2.16. The number of aryl methyl sites for hydroxylation is 1. The van der Waals surface area contributed by atoms with Gasteiger partial charge >= 0.3 is 0 Å². The molecule has 0 spiro atoms. The zero-order valence-electron chi connectivity index (χ0n) is 9.98. The van der Waals surface area contributed by atoms with Gasteiger partial charge in [0.05, 0.1) is 15.5 Å². The highest BCUT2D eigenvalue weighted by atomic mass is 79.9. The van der Waals surface area contributed by atoms with Gasteiger partial charge < -0.3 is 5.32 Å². The van der Waals surface area contributed by atoms with Gasteiger partial charge in [-0.05, 0) is 52.0 Å². The van der Waals surface area contributed by atoms with E-state index >= 15 is 0 Å². The lowest BCUT2D eigenvalue weighted by Gasteiger charge is -2.15. The van der Waals surface area contributed by atoms with E-state index in [0.717, 1.165) is 22.4 Å². The van der Waals surface area contributed by atoms with Crippen LogP contribution in [0.1, 0.15) is 30.6 Å². The Morgan fingerprint density at radius 1 is 1.59 bits per heavy atom. The van der Waals surface area contributed by atoms with E-state index in [9.17, 15) is 0 Å². The largest absolute Gasteiger partial charge is 0.305 e. The molecular formula is C12H16BrN3S. The molecule has 17 heavy (non-hydrogen) atoms. The summed E-state index contributed by atoms with van der Waals surface area (Å²) in [5.74, 6) is 0. The van der Waals surface area contributed by atoms with Gasteiger partial charge in [0.1, 0.15) is 0 Å². The maximum atomic E-state index is 4.49. The summed E-state index contributed by atoms with van der Waals surface area (Å²) in [5, 5.41) is 10.2. The molecule has 92 valence electrons. The number of nitrogens with one attached hydrogen (secondary N) is 1. The molecule has 2 aromatic rings. The monoisotopic (exact) mass is 313 g/mol. The number of thiophene rings is 1. The van der Waals surface area contributed by atoms with Crippen LogP contribution in [-0.2, 0) is 7.05 Å². The summed E-state index contributed by atoms with van der Waals surface area (Å²) in [6, 6.07) is 4.42. The van der Waals surface area contributed by atoms with Crippen molar-refractivity contribution in [2.75, 3.05) is 6.54 Å². The number of rotatable bonds is 5. The Bertz CT molecular complexity index is 437. The lowest BCUT2D eigenvalue weighted by molar-refractivity contribution is 0.576. The molecule has 0 aliphatic rings. The second-order valence-electron chi connectivity index (χ2n) is 3.99. The number of hydrogen-bond donors (Lipinski definition) is 1. The summed E-state index contributed by atoms with van der Waals surface area (Å²) in [7, 11) is 1.95. The van der Waals surface area contributed by atoms with Crippen molar-refractivity contribution in [1.29, 1.82) is 0 Å². The molecule has 3 nitrogen and oxygen atoms in total. The molecule has 0 aromatic carbocycles. The minimum Gasteiger partial charge on any atom is -0.305 e. The van der Waals surface area contributed by atoms with Gasteiger partial charge in [0.25, 0.3) is 0 Å². The summed E-state index contributed by atoms with van der Waals surface area (Å²) >= 11 is 5.22. The lowest BCUT2D eigenvalue weighted by Crippen LogP contribution is -2.23. The lowest BCUT2D eigenvalue weighted by atomic mass is 10.1. The molecule has 0 saturated carbocycles. The first-order valence-corrected chi connectivity index (χ1v) is 7.35. The van der Waals surface area contributed by atoms with E-state index < -0.39 is 0 Å². The quantitative estimate of drug-likeness (QED) is 0.917. The summed E-state index contributed by atoms with van der Waals surface area (Å²) in [6.45, 7) is 3.17. The third kappa shape index (κ3) is 3.18. The summed E-state index contributed by atoms with van der Waals surface area (Å²) < 4.78 is 3.00. The molecule has 2 aromatic heterocycles. The molecule has 0 bridgehead atoms. The van der Waals surface area contributed by atoms with Gasteiger partial charge in [-0.15, -0.1) is 11.3 Å².